The maximum Gasteiger partial charge on any atom is 0.306 e. The molecule has 6 heteroatoms. The fourth-order valence-electron chi connectivity index (χ4n) is 3.62. The van der Waals surface area contributed by atoms with Crippen LogP contribution in [0.5, 0.6) is 11.5 Å². The van der Waals surface area contributed by atoms with E-state index in [9.17, 15) is 14.7 Å². The zero-order valence-electron chi connectivity index (χ0n) is 17.7. The number of carbonyl (C=O) groups excluding carboxylic acids is 2. The Hall–Kier alpha value is -3.93. The highest BCUT2D eigenvalue weighted by molar-refractivity contribution is 6.06. The second-order valence-corrected chi connectivity index (χ2v) is 7.32. The van der Waals surface area contributed by atoms with Gasteiger partial charge in [-0.1, -0.05) is 42.5 Å². The number of fused-ring (bicyclic) bond motifs is 3. The summed E-state index contributed by atoms with van der Waals surface area (Å²) in [4.78, 5) is 29.4. The Morgan fingerprint density at radius 2 is 1.62 bits per heavy atom. The van der Waals surface area contributed by atoms with Gasteiger partial charge < -0.3 is 14.6 Å². The fraction of sp³-hybridized carbons (Fsp3) is 0.192. The number of aromatic hydroxyl groups is 1. The predicted octanol–water partition coefficient (Wildman–Crippen LogP) is 5.20. The van der Waals surface area contributed by atoms with E-state index in [1.807, 2.05) is 48.5 Å². The molecule has 1 aromatic heterocycles. The van der Waals surface area contributed by atoms with Gasteiger partial charge in [0.05, 0.1) is 24.2 Å². The number of nitrogens with zero attached hydrogens (tertiary/aromatic N) is 1. The minimum absolute atomic E-state index is 0.00106. The van der Waals surface area contributed by atoms with Crippen molar-refractivity contribution >= 4 is 33.4 Å². The number of phenolic OH excluding ortho intramolecular Hbond substituents is 1. The van der Waals surface area contributed by atoms with Gasteiger partial charge in [-0.3, -0.25) is 9.59 Å². The Labute approximate surface area is 185 Å². The minimum atomic E-state index is -0.471. The number of rotatable bonds is 8. The standard InChI is InChI=1S/C26H23NO5/c1-2-31-25-15-17(11-12-24(25)29)23(28)13-14-26(30)32-16-22-20-9-4-3-7-18(20)19-8-5-6-10-21(19)27-22/h3-12,15,29H,2,13-14,16H2,1H3. The molecule has 0 fully saturated rings. The molecule has 6 nitrogen and oxygen atoms in total. The zero-order valence-corrected chi connectivity index (χ0v) is 17.7. The number of aromatic nitrogens is 1. The van der Waals surface area contributed by atoms with Crippen LogP contribution in [0.15, 0.2) is 66.7 Å². The van der Waals surface area contributed by atoms with Gasteiger partial charge in [0.1, 0.15) is 6.61 Å². The molecule has 0 radical (unpaired) electrons. The third kappa shape index (κ3) is 4.54. The summed E-state index contributed by atoms with van der Waals surface area (Å²) < 4.78 is 10.7. The highest BCUT2D eigenvalue weighted by atomic mass is 16.5. The monoisotopic (exact) mass is 429 g/mol. The van der Waals surface area contributed by atoms with Crippen LogP contribution in [0.25, 0.3) is 21.7 Å². The minimum Gasteiger partial charge on any atom is -0.504 e. The summed E-state index contributed by atoms with van der Waals surface area (Å²) >= 11 is 0. The topological polar surface area (TPSA) is 85.7 Å². The summed E-state index contributed by atoms with van der Waals surface area (Å²) in [7, 11) is 0. The fourth-order valence-corrected chi connectivity index (χ4v) is 3.62. The van der Waals surface area contributed by atoms with Crippen molar-refractivity contribution < 1.29 is 24.2 Å². The quantitative estimate of drug-likeness (QED) is 0.235. The second kappa shape index (κ2) is 9.47. The molecule has 3 aromatic carbocycles. The number of esters is 1. The lowest BCUT2D eigenvalue weighted by atomic mass is 10.0. The van der Waals surface area contributed by atoms with Gasteiger partial charge in [-0.05, 0) is 36.6 Å². The number of phenols is 1. The molecule has 162 valence electrons. The molecule has 32 heavy (non-hydrogen) atoms. The van der Waals surface area contributed by atoms with Crippen molar-refractivity contribution in [3.05, 3.63) is 78.0 Å². The molecule has 0 unspecified atom stereocenters. The maximum absolute atomic E-state index is 12.5. The molecule has 0 aliphatic carbocycles. The molecule has 4 aromatic rings. The van der Waals surface area contributed by atoms with Gasteiger partial charge in [-0.2, -0.15) is 0 Å². The van der Waals surface area contributed by atoms with Crippen LogP contribution in [0.4, 0.5) is 0 Å². The number of ether oxygens (including phenoxy) is 2. The van der Waals surface area contributed by atoms with Crippen LogP contribution in [0, 0.1) is 0 Å². The molecule has 0 spiro atoms. The number of pyridine rings is 1. The Morgan fingerprint density at radius 3 is 2.41 bits per heavy atom. The van der Waals surface area contributed by atoms with Crippen LogP contribution in [0.1, 0.15) is 35.8 Å². The first-order chi connectivity index (χ1) is 15.6. The predicted molar refractivity (Wildman–Crippen MR) is 122 cm³/mol. The number of para-hydroxylation sites is 1. The number of hydrogen-bond donors (Lipinski definition) is 1. The summed E-state index contributed by atoms with van der Waals surface area (Å²) in [6.45, 7) is 2.19. The van der Waals surface area contributed by atoms with E-state index >= 15 is 0 Å². The first-order valence-corrected chi connectivity index (χ1v) is 10.5. The molecule has 0 atom stereocenters. The zero-order chi connectivity index (χ0) is 22.5. The molecular formula is C26H23NO5. The van der Waals surface area contributed by atoms with Gasteiger partial charge in [-0.15, -0.1) is 0 Å². The van der Waals surface area contributed by atoms with Crippen molar-refractivity contribution in [3.63, 3.8) is 0 Å². The maximum atomic E-state index is 12.5. The van der Waals surface area contributed by atoms with Gasteiger partial charge in [0.2, 0.25) is 0 Å². The first kappa shape index (κ1) is 21.3. The largest absolute Gasteiger partial charge is 0.504 e. The molecule has 4 rings (SSSR count). The lowest BCUT2D eigenvalue weighted by Crippen LogP contribution is -2.09. The highest BCUT2D eigenvalue weighted by Crippen LogP contribution is 2.28. The van der Waals surface area contributed by atoms with Crippen LogP contribution in [0.3, 0.4) is 0 Å². The van der Waals surface area contributed by atoms with Crippen molar-refractivity contribution in [3.8, 4) is 11.5 Å². The van der Waals surface area contributed by atoms with Crippen LogP contribution in [-0.2, 0) is 16.1 Å². The lowest BCUT2D eigenvalue weighted by molar-refractivity contribution is -0.144. The number of Topliss-reactive ketones (excluding diaryl/α,β-unsaturated/α-hetero) is 1. The number of ketones is 1. The normalized spacial score (nSPS) is 10.9. The van der Waals surface area contributed by atoms with Crippen molar-refractivity contribution in [2.75, 3.05) is 6.61 Å². The van der Waals surface area contributed by atoms with Crippen LogP contribution in [-0.4, -0.2) is 28.4 Å². The second-order valence-electron chi connectivity index (χ2n) is 7.32. The molecule has 0 amide bonds. The van der Waals surface area contributed by atoms with Crippen LogP contribution in [0.2, 0.25) is 0 Å². The van der Waals surface area contributed by atoms with E-state index < -0.39 is 5.97 Å². The Balaban J connectivity index is 1.42. The van der Waals surface area contributed by atoms with Gasteiger partial charge in [0.25, 0.3) is 0 Å². The lowest BCUT2D eigenvalue weighted by Gasteiger charge is -2.10. The SMILES string of the molecule is CCOc1cc(C(=O)CCC(=O)OCc2nc3ccccc3c3ccccc23)ccc1O. The Morgan fingerprint density at radius 1 is 0.906 bits per heavy atom. The third-order valence-corrected chi connectivity index (χ3v) is 5.20. The first-order valence-electron chi connectivity index (χ1n) is 10.5. The van der Waals surface area contributed by atoms with E-state index in [-0.39, 0.29) is 36.7 Å². The number of benzene rings is 3. The average molecular weight is 429 g/mol. The summed E-state index contributed by atoms with van der Waals surface area (Å²) in [6, 6.07) is 20.1. The van der Waals surface area contributed by atoms with Gasteiger partial charge >= 0.3 is 5.97 Å². The summed E-state index contributed by atoms with van der Waals surface area (Å²) in [6.07, 6.45) is -0.0454. The van der Waals surface area contributed by atoms with Crippen LogP contribution >= 0.6 is 0 Å². The Bertz CT molecular complexity index is 1300. The number of carbonyl (C=O) groups is 2. The van der Waals surface area contributed by atoms with Gasteiger partial charge in [0.15, 0.2) is 17.3 Å². The molecule has 0 aliphatic heterocycles. The molecule has 1 heterocycles. The van der Waals surface area contributed by atoms with E-state index in [0.29, 0.717) is 17.9 Å². The van der Waals surface area contributed by atoms with Crippen LogP contribution < -0.4 is 4.74 Å². The van der Waals surface area contributed by atoms with Crippen molar-refractivity contribution in [1.29, 1.82) is 0 Å². The smallest absolute Gasteiger partial charge is 0.306 e. The van der Waals surface area contributed by atoms with Crippen molar-refractivity contribution in [2.45, 2.75) is 26.4 Å². The summed E-state index contributed by atoms with van der Waals surface area (Å²) in [5.74, 6) is -0.480. The van der Waals surface area contributed by atoms with Gasteiger partial charge in [0, 0.05) is 22.8 Å². The van der Waals surface area contributed by atoms with E-state index in [1.165, 1.54) is 18.2 Å². The molecule has 0 saturated heterocycles. The van der Waals surface area contributed by atoms with E-state index in [0.717, 1.165) is 21.7 Å². The Kier molecular flexibility index (Phi) is 6.31. The van der Waals surface area contributed by atoms with Gasteiger partial charge in [-0.25, -0.2) is 4.98 Å². The number of hydrogen-bond acceptors (Lipinski definition) is 6. The molecule has 0 aliphatic rings. The summed E-state index contributed by atoms with van der Waals surface area (Å²) in [5, 5.41) is 12.8. The average Bonchev–Trinajstić information content (AvgIpc) is 2.82. The van der Waals surface area contributed by atoms with Crippen molar-refractivity contribution in [2.24, 2.45) is 0 Å². The van der Waals surface area contributed by atoms with Crippen molar-refractivity contribution in [1.82, 2.24) is 4.98 Å². The molecule has 0 saturated carbocycles. The molecule has 0 bridgehead atoms. The summed E-state index contributed by atoms with van der Waals surface area (Å²) in [5.41, 5.74) is 1.89. The molecule has 1 N–H and O–H groups in total. The molecular weight excluding hydrogens is 406 g/mol. The van der Waals surface area contributed by atoms with E-state index in [4.69, 9.17) is 9.47 Å². The van der Waals surface area contributed by atoms with E-state index in [2.05, 4.69) is 4.98 Å². The van der Waals surface area contributed by atoms with E-state index in [1.54, 1.807) is 6.92 Å². The third-order valence-electron chi connectivity index (χ3n) is 5.20. The highest BCUT2D eigenvalue weighted by Gasteiger charge is 2.14.